The zero-order chi connectivity index (χ0) is 23.9. The maximum absolute atomic E-state index is 2.50. The van der Waals surface area contributed by atoms with Gasteiger partial charge >= 0.3 is 0 Å². The van der Waals surface area contributed by atoms with E-state index in [0.717, 1.165) is 6.42 Å². The van der Waals surface area contributed by atoms with Crippen LogP contribution < -0.4 is 0 Å². The average molecular weight is 451 g/mol. The van der Waals surface area contributed by atoms with Crippen molar-refractivity contribution in [1.82, 2.24) is 0 Å². The predicted molar refractivity (Wildman–Crippen MR) is 146 cm³/mol. The fourth-order valence-corrected chi connectivity index (χ4v) is 12.7. The second-order valence-corrected chi connectivity index (χ2v) is 20.9. The number of hydrogen-bond acceptors (Lipinski definition) is 0. The van der Waals surface area contributed by atoms with Crippen LogP contribution in [0.1, 0.15) is 118 Å². The Bertz CT molecular complexity index is 629. The highest BCUT2D eigenvalue weighted by Crippen LogP contribution is 2.63. The first kappa shape index (κ1) is 28.1. The molecule has 1 aromatic carbocycles. The van der Waals surface area contributed by atoms with Crippen molar-refractivity contribution in [2.75, 3.05) is 0 Å². The van der Waals surface area contributed by atoms with Crippen LogP contribution in [0.15, 0.2) is 6.07 Å². The lowest BCUT2D eigenvalue weighted by atomic mass is 9.92. The molecule has 0 bridgehead atoms. The lowest BCUT2D eigenvalue weighted by Gasteiger charge is -2.43. The second kappa shape index (κ2) is 9.52. The first-order valence-corrected chi connectivity index (χ1v) is 14.9. The summed E-state index contributed by atoms with van der Waals surface area (Å²) in [5, 5.41) is 1.44. The van der Waals surface area contributed by atoms with E-state index in [1.807, 2.05) is 0 Å². The third-order valence-corrected chi connectivity index (χ3v) is 14.1. The first-order valence-electron chi connectivity index (χ1n) is 11.9. The highest BCUT2D eigenvalue weighted by atomic mass is 31.1. The van der Waals surface area contributed by atoms with Gasteiger partial charge in [-0.1, -0.05) is 112 Å². The zero-order valence-electron chi connectivity index (χ0n) is 23.1. The molecular formula is C28H52P2. The summed E-state index contributed by atoms with van der Waals surface area (Å²) in [7, 11) is -0.279. The summed E-state index contributed by atoms with van der Waals surface area (Å²) in [5.41, 5.74) is 8.06. The van der Waals surface area contributed by atoms with Gasteiger partial charge in [0.2, 0.25) is 0 Å². The minimum absolute atomic E-state index is 0.139. The molecule has 174 valence electrons. The number of benzene rings is 1. The van der Waals surface area contributed by atoms with E-state index in [1.165, 1.54) is 23.5 Å². The Morgan fingerprint density at radius 1 is 0.533 bits per heavy atom. The SMILES string of the molecule is CCc1c(CP(C(C)(C)C)C(C)(C)C)c(C)cc(C)c1CP(C(C)(C)C)C(C)(C)C. The Morgan fingerprint density at radius 2 is 0.800 bits per heavy atom. The maximum atomic E-state index is 2.50. The molecule has 0 nitrogen and oxygen atoms in total. The van der Waals surface area contributed by atoms with E-state index < -0.39 is 0 Å². The van der Waals surface area contributed by atoms with Crippen LogP contribution in [-0.4, -0.2) is 20.6 Å². The lowest BCUT2D eigenvalue weighted by Crippen LogP contribution is -2.27. The first-order chi connectivity index (χ1) is 13.2. The fraction of sp³-hybridized carbons (Fsp3) is 0.786. The molecule has 30 heavy (non-hydrogen) atoms. The molecule has 0 heterocycles. The molecule has 0 saturated carbocycles. The van der Waals surface area contributed by atoms with Crippen LogP contribution in [0.25, 0.3) is 0 Å². The van der Waals surface area contributed by atoms with Crippen molar-refractivity contribution in [2.45, 2.75) is 143 Å². The molecule has 2 heteroatoms. The summed E-state index contributed by atoms with van der Waals surface area (Å²) in [6.45, 7) is 36.6. The summed E-state index contributed by atoms with van der Waals surface area (Å²) in [4.78, 5) is 0. The van der Waals surface area contributed by atoms with E-state index in [2.05, 4.69) is 110 Å². The fourth-order valence-electron chi connectivity index (χ4n) is 5.30. The lowest BCUT2D eigenvalue weighted by molar-refractivity contribution is 0.701. The normalized spacial score (nSPS) is 14.2. The van der Waals surface area contributed by atoms with Gasteiger partial charge in [-0.05, 0) is 81.0 Å². The third kappa shape index (κ3) is 7.04. The summed E-state index contributed by atoms with van der Waals surface area (Å²) < 4.78 is 0. The van der Waals surface area contributed by atoms with Crippen molar-refractivity contribution in [3.63, 3.8) is 0 Å². The molecule has 0 atom stereocenters. The molecular weight excluding hydrogens is 398 g/mol. The number of rotatable bonds is 5. The van der Waals surface area contributed by atoms with Crippen LogP contribution in [0.2, 0.25) is 0 Å². The van der Waals surface area contributed by atoms with Crippen molar-refractivity contribution >= 4 is 15.8 Å². The molecule has 0 N–H and O–H groups in total. The predicted octanol–water partition coefficient (Wildman–Crippen LogP) is 10.0. The minimum Gasteiger partial charge on any atom is -0.0911 e. The summed E-state index contributed by atoms with van der Waals surface area (Å²) in [6.07, 6.45) is 3.67. The van der Waals surface area contributed by atoms with Gasteiger partial charge in [-0.15, -0.1) is 0 Å². The van der Waals surface area contributed by atoms with Gasteiger partial charge in [-0.2, -0.15) is 0 Å². The molecule has 0 fully saturated rings. The Balaban J connectivity index is 3.63. The van der Waals surface area contributed by atoms with Crippen LogP contribution >= 0.6 is 15.8 Å². The smallest absolute Gasteiger partial charge is 0.00582 e. The van der Waals surface area contributed by atoms with Gasteiger partial charge in [0, 0.05) is 0 Å². The van der Waals surface area contributed by atoms with Crippen molar-refractivity contribution in [3.05, 3.63) is 33.9 Å². The molecule has 0 saturated heterocycles. The van der Waals surface area contributed by atoms with Gasteiger partial charge in [-0.25, -0.2) is 0 Å². The van der Waals surface area contributed by atoms with Crippen LogP contribution in [0.5, 0.6) is 0 Å². The highest BCUT2D eigenvalue weighted by Gasteiger charge is 2.37. The highest BCUT2D eigenvalue weighted by molar-refractivity contribution is 7.60. The minimum atomic E-state index is -0.139. The van der Waals surface area contributed by atoms with Gasteiger partial charge in [-0.3, -0.25) is 0 Å². The maximum Gasteiger partial charge on any atom is -0.00582 e. The standard InChI is InChI=1S/C28H52P2/c1-16-22-23(18-29(25(4,5)6)26(7,8)9)20(2)17-21(3)24(22)19-30(27(10,11)12)28(13,14)15/h17H,16,18-19H2,1-15H3. The molecule has 0 aliphatic carbocycles. The van der Waals surface area contributed by atoms with Crippen LogP contribution in [-0.2, 0) is 18.7 Å². The van der Waals surface area contributed by atoms with Crippen LogP contribution in [0.3, 0.4) is 0 Å². The third-order valence-electron chi connectivity index (χ3n) is 6.34. The van der Waals surface area contributed by atoms with E-state index in [1.54, 1.807) is 16.7 Å². The largest absolute Gasteiger partial charge is 0.0911 e. The van der Waals surface area contributed by atoms with Crippen molar-refractivity contribution in [3.8, 4) is 0 Å². The molecule has 0 unspecified atom stereocenters. The number of aryl methyl sites for hydroxylation is 2. The zero-order valence-corrected chi connectivity index (χ0v) is 24.9. The van der Waals surface area contributed by atoms with Crippen molar-refractivity contribution in [2.24, 2.45) is 0 Å². The molecule has 0 spiro atoms. The molecule has 1 aromatic rings. The van der Waals surface area contributed by atoms with Gasteiger partial charge in [0.15, 0.2) is 0 Å². The van der Waals surface area contributed by atoms with E-state index in [9.17, 15) is 0 Å². The Morgan fingerprint density at radius 3 is 1.00 bits per heavy atom. The monoisotopic (exact) mass is 450 g/mol. The van der Waals surface area contributed by atoms with E-state index in [0.29, 0.717) is 20.6 Å². The van der Waals surface area contributed by atoms with E-state index >= 15 is 0 Å². The average Bonchev–Trinajstić information content (AvgIpc) is 2.47. The Labute approximate surface area is 192 Å². The van der Waals surface area contributed by atoms with Gasteiger partial charge in [0.1, 0.15) is 0 Å². The van der Waals surface area contributed by atoms with Gasteiger partial charge in [0.25, 0.3) is 0 Å². The van der Waals surface area contributed by atoms with Crippen molar-refractivity contribution in [1.29, 1.82) is 0 Å². The summed E-state index contributed by atoms with van der Waals surface area (Å²) in [5.74, 6) is 0. The van der Waals surface area contributed by atoms with E-state index in [4.69, 9.17) is 0 Å². The molecule has 0 amide bonds. The van der Waals surface area contributed by atoms with Crippen LogP contribution in [0.4, 0.5) is 0 Å². The molecule has 1 rings (SSSR count). The van der Waals surface area contributed by atoms with Gasteiger partial charge < -0.3 is 0 Å². The Hall–Kier alpha value is 0.0800. The molecule has 0 aromatic heterocycles. The quantitative estimate of drug-likeness (QED) is 0.391. The summed E-state index contributed by atoms with van der Waals surface area (Å²) >= 11 is 0. The van der Waals surface area contributed by atoms with Gasteiger partial charge in [0.05, 0.1) is 0 Å². The van der Waals surface area contributed by atoms with Crippen molar-refractivity contribution < 1.29 is 0 Å². The summed E-state index contributed by atoms with van der Waals surface area (Å²) in [6, 6.07) is 2.50. The molecule has 0 aliphatic rings. The van der Waals surface area contributed by atoms with E-state index in [-0.39, 0.29) is 15.8 Å². The number of hydrogen-bond donors (Lipinski definition) is 0. The second-order valence-electron chi connectivity index (χ2n) is 13.2. The topological polar surface area (TPSA) is 0 Å². The molecule has 0 radical (unpaired) electrons. The van der Waals surface area contributed by atoms with Crippen LogP contribution in [0, 0.1) is 13.8 Å². The Kier molecular flexibility index (Phi) is 8.92. The molecule has 0 aliphatic heterocycles.